The van der Waals surface area contributed by atoms with Gasteiger partial charge in [0.05, 0.1) is 0 Å². The number of rotatable bonds is 0. The van der Waals surface area contributed by atoms with E-state index in [1.165, 1.54) is 20.1 Å². The molecule has 0 bridgehead atoms. The molecule has 0 N–H and O–H groups in total. The van der Waals surface area contributed by atoms with E-state index in [0.717, 1.165) is 5.92 Å². The third-order valence-electron chi connectivity index (χ3n) is 5.81. The summed E-state index contributed by atoms with van der Waals surface area (Å²) in [7, 11) is 3.34. The zero-order chi connectivity index (χ0) is 11.7. The van der Waals surface area contributed by atoms with E-state index in [0.29, 0.717) is 21.9 Å². The average Bonchev–Trinajstić information content (AvgIpc) is 2.67. The second-order valence-electron chi connectivity index (χ2n) is 6.60. The van der Waals surface area contributed by atoms with Crippen molar-refractivity contribution in [2.24, 2.45) is 5.92 Å². The molecule has 1 aliphatic carbocycles. The Morgan fingerprint density at radius 2 is 2.19 bits per heavy atom. The predicted molar refractivity (Wildman–Crippen MR) is 70.6 cm³/mol. The van der Waals surface area contributed by atoms with Crippen LogP contribution in [0, 0.1) is 5.92 Å². The zero-order valence-electron chi connectivity index (χ0n) is 10.6. The van der Waals surface area contributed by atoms with Crippen LogP contribution in [0.3, 0.4) is 0 Å². The van der Waals surface area contributed by atoms with Crippen molar-refractivity contribution in [2.75, 3.05) is 7.05 Å². The van der Waals surface area contributed by atoms with Gasteiger partial charge in [-0.3, -0.25) is 4.79 Å². The first kappa shape index (κ1) is 11.0. The molecule has 0 aromatic heterocycles. The van der Waals surface area contributed by atoms with E-state index in [1.54, 1.807) is 11.8 Å². The van der Waals surface area contributed by atoms with E-state index < -0.39 is 0 Å². The fourth-order valence-electron chi connectivity index (χ4n) is 4.07. The summed E-state index contributed by atoms with van der Waals surface area (Å²) in [5.74, 6) is 0.751. The van der Waals surface area contributed by atoms with Crippen molar-refractivity contribution in [3.05, 3.63) is 0 Å². The summed E-state index contributed by atoms with van der Waals surface area (Å²) in [6.07, 6.45) is 2.44. The Bertz CT molecular complexity index is 363. The first-order chi connectivity index (χ1) is 7.37. The number of fused-ring (bicyclic) bond motifs is 2. The molecule has 2 heterocycles. The van der Waals surface area contributed by atoms with Crippen LogP contribution in [-0.4, -0.2) is 35.8 Å². The molecule has 3 fully saturated rings. The Morgan fingerprint density at radius 1 is 1.50 bits per heavy atom. The quantitative estimate of drug-likeness (QED) is 0.604. The lowest BCUT2D eigenvalue weighted by Crippen LogP contribution is -2.34. The molecule has 0 spiro atoms. The molecule has 4 heteroatoms. The van der Waals surface area contributed by atoms with Gasteiger partial charge in [-0.1, -0.05) is 43.2 Å². The van der Waals surface area contributed by atoms with E-state index >= 15 is 0 Å². The molecular weight excluding hydrogens is 217 g/mol. The molecule has 2 saturated heterocycles. The lowest BCUT2D eigenvalue weighted by molar-refractivity contribution is 0.211. The summed E-state index contributed by atoms with van der Waals surface area (Å²) in [5, 5.41) is 1.89. The molecule has 3 rings (SSSR count). The van der Waals surface area contributed by atoms with E-state index in [2.05, 4.69) is 20.8 Å². The molecule has 1 amide bonds. The molecule has 0 radical (unpaired) electrons. The van der Waals surface area contributed by atoms with Crippen LogP contribution in [0.1, 0.15) is 33.6 Å². The summed E-state index contributed by atoms with van der Waals surface area (Å²) in [6.45, 7) is 7.26. The Morgan fingerprint density at radius 3 is 2.88 bits per heavy atom. The number of carbonyl (C=O) groups excluding carboxylic acids is 1. The number of nitrogens with zero attached hydrogens (tertiary/aromatic N) is 1. The molecular formula is C12H20BNOS. The van der Waals surface area contributed by atoms with Crippen LogP contribution in [-0.2, 0) is 0 Å². The maximum Gasteiger partial charge on any atom is 0.282 e. The number of hydrogen-bond donors (Lipinski definition) is 0. The minimum Gasteiger partial charge on any atom is -0.333 e. The highest BCUT2D eigenvalue weighted by molar-refractivity contribution is 8.14. The van der Waals surface area contributed by atoms with Crippen LogP contribution in [0.2, 0.25) is 10.6 Å². The average molecular weight is 237 g/mol. The highest BCUT2D eigenvalue weighted by atomic mass is 32.2. The lowest BCUT2D eigenvalue weighted by atomic mass is 9.76. The molecule has 0 aromatic rings. The van der Waals surface area contributed by atoms with Gasteiger partial charge in [0.1, 0.15) is 7.28 Å². The Balaban J connectivity index is 1.91. The highest BCUT2D eigenvalue weighted by Crippen LogP contribution is 2.77. The maximum absolute atomic E-state index is 11.8. The fraction of sp³-hybridized carbons (Fsp3) is 0.917. The standard InChI is InChI=1S/C12H20BNOS/c1-7-5-8-9(16-10(15)14(8)4)6-11(2)12(7,3)13-11/h7-9,13H,5-6H2,1-4H3. The molecule has 3 aliphatic rings. The summed E-state index contributed by atoms with van der Waals surface area (Å²) >= 11 is 1.59. The first-order valence-corrected chi connectivity index (χ1v) is 7.19. The lowest BCUT2D eigenvalue weighted by Gasteiger charge is -2.27. The van der Waals surface area contributed by atoms with Crippen LogP contribution in [0.4, 0.5) is 4.79 Å². The molecule has 2 nitrogen and oxygen atoms in total. The van der Waals surface area contributed by atoms with E-state index in [-0.39, 0.29) is 5.24 Å². The summed E-state index contributed by atoms with van der Waals surface area (Å²) in [5.41, 5.74) is 0. The van der Waals surface area contributed by atoms with Crippen LogP contribution in [0.15, 0.2) is 0 Å². The van der Waals surface area contributed by atoms with Gasteiger partial charge in [0, 0.05) is 18.3 Å². The van der Waals surface area contributed by atoms with Gasteiger partial charge >= 0.3 is 0 Å². The molecule has 2 aliphatic heterocycles. The van der Waals surface area contributed by atoms with Gasteiger partial charge in [-0.2, -0.15) is 0 Å². The minimum atomic E-state index is 0.287. The summed E-state index contributed by atoms with van der Waals surface area (Å²) in [4.78, 5) is 13.7. The van der Waals surface area contributed by atoms with Crippen molar-refractivity contribution in [3.63, 3.8) is 0 Å². The van der Waals surface area contributed by atoms with Crippen molar-refractivity contribution in [3.8, 4) is 0 Å². The Hall–Kier alpha value is -0.115. The third-order valence-corrected chi connectivity index (χ3v) is 7.09. The van der Waals surface area contributed by atoms with Gasteiger partial charge in [-0.15, -0.1) is 0 Å². The number of amides is 1. The second kappa shape index (κ2) is 3.01. The molecule has 5 atom stereocenters. The van der Waals surface area contributed by atoms with Crippen LogP contribution < -0.4 is 0 Å². The van der Waals surface area contributed by atoms with Crippen molar-refractivity contribution >= 4 is 24.3 Å². The normalized spacial score (nSPS) is 55.1. The molecule has 88 valence electrons. The van der Waals surface area contributed by atoms with Gasteiger partial charge in [-0.05, 0) is 18.8 Å². The largest absolute Gasteiger partial charge is 0.333 e. The minimum absolute atomic E-state index is 0.287. The van der Waals surface area contributed by atoms with E-state index in [1.807, 2.05) is 11.9 Å². The third kappa shape index (κ3) is 1.20. The molecule has 16 heavy (non-hydrogen) atoms. The van der Waals surface area contributed by atoms with Gasteiger partial charge < -0.3 is 4.90 Å². The van der Waals surface area contributed by atoms with Crippen molar-refractivity contribution in [1.82, 2.24) is 4.90 Å². The highest BCUT2D eigenvalue weighted by Gasteiger charge is 2.67. The Kier molecular flexibility index (Phi) is 2.07. The monoisotopic (exact) mass is 237 g/mol. The molecule has 5 unspecified atom stereocenters. The predicted octanol–water partition coefficient (Wildman–Crippen LogP) is 2.76. The van der Waals surface area contributed by atoms with Gasteiger partial charge in [-0.25, -0.2) is 0 Å². The van der Waals surface area contributed by atoms with Gasteiger partial charge in [0.25, 0.3) is 5.24 Å². The van der Waals surface area contributed by atoms with Gasteiger partial charge in [0.15, 0.2) is 0 Å². The fourth-order valence-corrected chi connectivity index (χ4v) is 5.53. The van der Waals surface area contributed by atoms with Crippen molar-refractivity contribution in [1.29, 1.82) is 0 Å². The zero-order valence-corrected chi connectivity index (χ0v) is 11.4. The summed E-state index contributed by atoms with van der Waals surface area (Å²) < 4.78 is 0. The van der Waals surface area contributed by atoms with Crippen molar-refractivity contribution in [2.45, 2.75) is 55.5 Å². The first-order valence-electron chi connectivity index (χ1n) is 6.31. The number of carbonyl (C=O) groups is 1. The van der Waals surface area contributed by atoms with Gasteiger partial charge in [0.2, 0.25) is 0 Å². The number of thioether (sulfide) groups is 1. The maximum atomic E-state index is 11.8. The van der Waals surface area contributed by atoms with Crippen molar-refractivity contribution < 1.29 is 4.79 Å². The second-order valence-corrected chi connectivity index (χ2v) is 7.79. The van der Waals surface area contributed by atoms with E-state index in [9.17, 15) is 4.79 Å². The topological polar surface area (TPSA) is 20.3 Å². The molecule has 1 saturated carbocycles. The SMILES string of the molecule is CC1CC2C(CC3(C)BC13C)SC(=O)N2C. The van der Waals surface area contributed by atoms with Crippen LogP contribution in [0.25, 0.3) is 0 Å². The molecule has 0 aromatic carbocycles. The smallest absolute Gasteiger partial charge is 0.282 e. The van der Waals surface area contributed by atoms with E-state index in [4.69, 9.17) is 0 Å². The van der Waals surface area contributed by atoms with Crippen LogP contribution in [0.5, 0.6) is 0 Å². The Labute approximate surface area is 103 Å². The summed E-state index contributed by atoms with van der Waals surface area (Å²) in [6, 6.07) is 0.494. The van der Waals surface area contributed by atoms with Crippen LogP contribution >= 0.6 is 11.8 Å². The number of hydrogen-bond acceptors (Lipinski definition) is 2.